The van der Waals surface area contributed by atoms with Crippen molar-refractivity contribution in [3.63, 3.8) is 0 Å². The molecule has 1 aliphatic rings. The molecular formula is C18H30N2O. The van der Waals surface area contributed by atoms with Crippen LogP contribution in [0.5, 0.6) is 0 Å². The van der Waals surface area contributed by atoms with E-state index >= 15 is 0 Å². The van der Waals surface area contributed by atoms with Crippen molar-refractivity contribution in [1.82, 2.24) is 5.32 Å². The standard InChI is InChI=1S/C18H30N2O/c1-4-11-19-15(2)17-7-9-18(10-8-17)20(3)12-13-21-14-16-5-6-16/h7-10,15-16,19H,4-6,11-14H2,1-3H3. The van der Waals surface area contributed by atoms with E-state index in [9.17, 15) is 0 Å². The zero-order valence-electron chi connectivity index (χ0n) is 13.8. The molecule has 3 nitrogen and oxygen atoms in total. The predicted octanol–water partition coefficient (Wildman–Crippen LogP) is 3.61. The number of benzene rings is 1. The van der Waals surface area contributed by atoms with Crippen LogP contribution in [0.4, 0.5) is 5.69 Å². The first-order valence-corrected chi connectivity index (χ1v) is 8.33. The fourth-order valence-electron chi connectivity index (χ4n) is 2.36. The van der Waals surface area contributed by atoms with E-state index in [0.717, 1.165) is 32.2 Å². The summed E-state index contributed by atoms with van der Waals surface area (Å²) in [6.45, 7) is 8.22. The van der Waals surface area contributed by atoms with E-state index in [-0.39, 0.29) is 0 Å². The number of nitrogens with one attached hydrogen (secondary N) is 1. The van der Waals surface area contributed by atoms with Gasteiger partial charge >= 0.3 is 0 Å². The number of rotatable bonds is 10. The van der Waals surface area contributed by atoms with Gasteiger partial charge in [-0.2, -0.15) is 0 Å². The van der Waals surface area contributed by atoms with Crippen LogP contribution in [0.1, 0.15) is 44.7 Å². The molecule has 0 saturated heterocycles. The number of hydrogen-bond acceptors (Lipinski definition) is 3. The van der Waals surface area contributed by atoms with Gasteiger partial charge in [0.2, 0.25) is 0 Å². The van der Waals surface area contributed by atoms with Crippen LogP contribution in [0.3, 0.4) is 0 Å². The summed E-state index contributed by atoms with van der Waals surface area (Å²) in [5.41, 5.74) is 2.61. The maximum absolute atomic E-state index is 5.70. The molecule has 2 rings (SSSR count). The van der Waals surface area contributed by atoms with Crippen LogP contribution in [-0.4, -0.2) is 33.4 Å². The predicted molar refractivity (Wildman–Crippen MR) is 90.0 cm³/mol. The van der Waals surface area contributed by atoms with E-state index in [1.165, 1.54) is 30.5 Å². The first-order chi connectivity index (χ1) is 10.2. The second-order valence-corrected chi connectivity index (χ2v) is 6.21. The second-order valence-electron chi connectivity index (χ2n) is 6.21. The molecule has 1 N–H and O–H groups in total. The first kappa shape index (κ1) is 16.3. The van der Waals surface area contributed by atoms with E-state index in [4.69, 9.17) is 4.74 Å². The van der Waals surface area contributed by atoms with Crippen LogP contribution >= 0.6 is 0 Å². The van der Waals surface area contributed by atoms with Gasteiger partial charge in [-0.3, -0.25) is 0 Å². The molecule has 1 aromatic rings. The summed E-state index contributed by atoms with van der Waals surface area (Å²) in [5, 5.41) is 3.52. The Balaban J connectivity index is 1.74. The lowest BCUT2D eigenvalue weighted by atomic mass is 10.1. The fraction of sp³-hybridized carbons (Fsp3) is 0.667. The highest BCUT2D eigenvalue weighted by atomic mass is 16.5. The van der Waals surface area contributed by atoms with Gasteiger partial charge in [0.15, 0.2) is 0 Å². The highest BCUT2D eigenvalue weighted by Crippen LogP contribution is 2.28. The average molecular weight is 290 g/mol. The van der Waals surface area contributed by atoms with Gasteiger partial charge in [0.25, 0.3) is 0 Å². The molecule has 1 saturated carbocycles. The third-order valence-corrected chi connectivity index (χ3v) is 4.16. The van der Waals surface area contributed by atoms with Crippen LogP contribution < -0.4 is 10.2 Å². The van der Waals surface area contributed by atoms with Crippen molar-refractivity contribution in [2.45, 2.75) is 39.2 Å². The van der Waals surface area contributed by atoms with Crippen molar-refractivity contribution >= 4 is 5.69 Å². The van der Waals surface area contributed by atoms with Crippen molar-refractivity contribution in [2.24, 2.45) is 5.92 Å². The molecule has 118 valence electrons. The summed E-state index contributed by atoms with van der Waals surface area (Å²) >= 11 is 0. The lowest BCUT2D eigenvalue weighted by molar-refractivity contribution is 0.131. The summed E-state index contributed by atoms with van der Waals surface area (Å²) < 4.78 is 5.70. The molecule has 0 aliphatic heterocycles. The minimum atomic E-state index is 0.422. The Hall–Kier alpha value is -1.06. The summed E-state index contributed by atoms with van der Waals surface area (Å²) in [5.74, 6) is 0.853. The molecule has 1 fully saturated rings. The van der Waals surface area contributed by atoms with Crippen molar-refractivity contribution in [1.29, 1.82) is 0 Å². The maximum Gasteiger partial charge on any atom is 0.0641 e. The normalized spacial score (nSPS) is 16.0. The minimum absolute atomic E-state index is 0.422. The Morgan fingerprint density at radius 2 is 2.00 bits per heavy atom. The van der Waals surface area contributed by atoms with Crippen molar-refractivity contribution in [3.05, 3.63) is 29.8 Å². The number of ether oxygens (including phenoxy) is 1. The van der Waals surface area contributed by atoms with E-state index in [2.05, 4.69) is 55.4 Å². The number of anilines is 1. The van der Waals surface area contributed by atoms with Gasteiger partial charge in [-0.15, -0.1) is 0 Å². The Kier molecular flexibility index (Phi) is 6.52. The van der Waals surface area contributed by atoms with Crippen molar-refractivity contribution in [2.75, 3.05) is 38.3 Å². The van der Waals surface area contributed by atoms with Crippen molar-refractivity contribution < 1.29 is 4.74 Å². The van der Waals surface area contributed by atoms with E-state index in [1.54, 1.807) is 0 Å². The number of nitrogens with zero attached hydrogens (tertiary/aromatic N) is 1. The lowest BCUT2D eigenvalue weighted by Crippen LogP contribution is -2.23. The van der Waals surface area contributed by atoms with Gasteiger partial charge in [-0.05, 0) is 56.3 Å². The molecule has 0 radical (unpaired) electrons. The first-order valence-electron chi connectivity index (χ1n) is 8.33. The highest BCUT2D eigenvalue weighted by Gasteiger charge is 2.20. The van der Waals surface area contributed by atoms with Crippen LogP contribution in [0.25, 0.3) is 0 Å². The maximum atomic E-state index is 5.70. The molecule has 0 bridgehead atoms. The van der Waals surface area contributed by atoms with Gasteiger partial charge in [-0.25, -0.2) is 0 Å². The minimum Gasteiger partial charge on any atom is -0.379 e. The van der Waals surface area contributed by atoms with Crippen LogP contribution in [0.2, 0.25) is 0 Å². The molecule has 0 spiro atoms. The zero-order chi connectivity index (χ0) is 15.1. The molecule has 1 atom stereocenters. The molecule has 0 amide bonds. The molecular weight excluding hydrogens is 260 g/mol. The molecule has 21 heavy (non-hydrogen) atoms. The third kappa shape index (κ3) is 5.68. The van der Waals surface area contributed by atoms with Crippen LogP contribution in [0.15, 0.2) is 24.3 Å². The molecule has 0 heterocycles. The Morgan fingerprint density at radius 3 is 2.62 bits per heavy atom. The molecule has 1 aliphatic carbocycles. The third-order valence-electron chi connectivity index (χ3n) is 4.16. The average Bonchev–Trinajstić information content (AvgIpc) is 3.33. The SMILES string of the molecule is CCCNC(C)c1ccc(N(C)CCOCC2CC2)cc1. The van der Waals surface area contributed by atoms with Gasteiger partial charge in [0.05, 0.1) is 6.61 Å². The van der Waals surface area contributed by atoms with E-state index in [0.29, 0.717) is 6.04 Å². The van der Waals surface area contributed by atoms with Crippen LogP contribution in [-0.2, 0) is 4.74 Å². The Morgan fingerprint density at radius 1 is 1.29 bits per heavy atom. The largest absolute Gasteiger partial charge is 0.379 e. The molecule has 3 heteroatoms. The Bertz CT molecular complexity index is 400. The molecule has 0 aromatic heterocycles. The quantitative estimate of drug-likeness (QED) is 0.666. The zero-order valence-corrected chi connectivity index (χ0v) is 13.8. The van der Waals surface area contributed by atoms with Gasteiger partial charge in [0, 0.05) is 31.9 Å². The van der Waals surface area contributed by atoms with E-state index < -0.39 is 0 Å². The fourth-order valence-corrected chi connectivity index (χ4v) is 2.36. The summed E-state index contributed by atoms with van der Waals surface area (Å²) in [6.07, 6.45) is 3.90. The Labute approximate surface area is 129 Å². The number of likely N-dealkylation sites (N-methyl/N-ethyl adjacent to an activating group) is 1. The van der Waals surface area contributed by atoms with Crippen molar-refractivity contribution in [3.8, 4) is 0 Å². The highest BCUT2D eigenvalue weighted by molar-refractivity contribution is 5.47. The lowest BCUT2D eigenvalue weighted by Gasteiger charge is -2.20. The number of hydrogen-bond donors (Lipinski definition) is 1. The van der Waals surface area contributed by atoms with Crippen LogP contribution in [0, 0.1) is 5.92 Å². The second kappa shape index (κ2) is 8.40. The summed E-state index contributed by atoms with van der Waals surface area (Å²) in [7, 11) is 2.13. The van der Waals surface area contributed by atoms with E-state index in [1.807, 2.05) is 0 Å². The monoisotopic (exact) mass is 290 g/mol. The molecule has 1 aromatic carbocycles. The van der Waals surface area contributed by atoms with Gasteiger partial charge < -0.3 is 15.0 Å². The van der Waals surface area contributed by atoms with Gasteiger partial charge in [-0.1, -0.05) is 19.1 Å². The summed E-state index contributed by atoms with van der Waals surface area (Å²) in [4.78, 5) is 2.26. The summed E-state index contributed by atoms with van der Waals surface area (Å²) in [6, 6.07) is 9.29. The topological polar surface area (TPSA) is 24.5 Å². The van der Waals surface area contributed by atoms with Gasteiger partial charge in [0.1, 0.15) is 0 Å². The molecule has 1 unspecified atom stereocenters. The smallest absolute Gasteiger partial charge is 0.0641 e.